The van der Waals surface area contributed by atoms with Crippen molar-refractivity contribution in [1.29, 1.82) is 0 Å². The fourth-order valence-corrected chi connectivity index (χ4v) is 16.1. The average molecular weight is 1550 g/mol. The predicted molar refractivity (Wildman–Crippen MR) is 369 cm³/mol. The van der Waals surface area contributed by atoms with E-state index in [1.54, 1.807) is 50.4 Å². The van der Waals surface area contributed by atoms with Gasteiger partial charge in [0.05, 0.1) is 43.1 Å². The molecule has 41 heteroatoms. The van der Waals surface area contributed by atoms with Gasteiger partial charge in [0.25, 0.3) is 23.6 Å². The number of aliphatic hydroxyl groups is 2. The van der Waals surface area contributed by atoms with E-state index in [9.17, 15) is 52.9 Å². The van der Waals surface area contributed by atoms with Crippen LogP contribution >= 0.6 is 56.7 Å². The highest BCUT2D eigenvalue weighted by Crippen LogP contribution is 2.43. The van der Waals surface area contributed by atoms with Crippen molar-refractivity contribution in [1.82, 2.24) is 71.0 Å². The Morgan fingerprint density at radius 1 is 0.838 bits per heavy atom. The number of thiazole rings is 5. The first kappa shape index (κ1) is 76.6. The lowest BCUT2D eigenvalue weighted by Gasteiger charge is -2.48. The topological polar surface area (TPSA) is 442 Å². The van der Waals surface area contributed by atoms with Crippen LogP contribution in [0.15, 0.2) is 56.9 Å². The number of aliphatic carboxylic acids is 1. The zero-order valence-corrected chi connectivity index (χ0v) is 60.9. The summed E-state index contributed by atoms with van der Waals surface area (Å²) in [4.78, 5) is 143. The van der Waals surface area contributed by atoms with Crippen molar-refractivity contribution < 1.29 is 106 Å². The molecule has 0 aliphatic carbocycles. The highest BCUT2D eigenvalue weighted by atomic mass is 32.1. The van der Waals surface area contributed by atoms with Crippen LogP contribution in [0.2, 0.25) is 0 Å². The molecule has 105 heavy (non-hydrogen) atoms. The number of likely N-dealkylation sites (N-methyl/N-ethyl adjacent to an activating group) is 2. The van der Waals surface area contributed by atoms with Crippen LogP contribution in [-0.2, 0) is 56.0 Å². The molecular formula is C64H67F3N14O19S5. The van der Waals surface area contributed by atoms with Crippen molar-refractivity contribution in [2.75, 3.05) is 55.0 Å². The lowest BCUT2D eigenvalue weighted by Crippen LogP contribution is -2.62. The van der Waals surface area contributed by atoms with E-state index in [2.05, 4.69) is 41.5 Å². The first-order valence-corrected chi connectivity index (χ1v) is 36.0. The van der Waals surface area contributed by atoms with E-state index in [1.165, 1.54) is 54.6 Å². The Morgan fingerprint density at radius 3 is 2.15 bits per heavy atom. The van der Waals surface area contributed by atoms with Gasteiger partial charge in [-0.05, 0) is 73.6 Å². The molecule has 10 atom stereocenters. The maximum Gasteiger partial charge on any atom is 0.490 e. The number of cyclic esters (lactones) is 2. The SMILES string of the molecule is CO/C(C)=C1/NC(=O)[C@H]([C@@H](C)O)NC(=O)c2csc(n2)-c2cc(O)c(-c3nc(C(=O)NCCN(C)C)cs3)nc2-c2csc(n2)[C@@H]2COC(=O)c3c4c5c(cccc5n3O)COC(=O)[C@@H](O[C@H]3C[C@](C)(O)[C@H](N(C)C)[C@H](C)O3)[C@@H](OC4)[C@H](NC(=O)c3csc1n3)c1nc(cs1)C(=O)N2.O=C(O)C(F)(F)F. The Bertz CT molecular complexity index is 4720. The number of carbonyl (C=O) groups is 8. The van der Waals surface area contributed by atoms with Gasteiger partial charge in [-0.2, -0.15) is 17.9 Å². The van der Waals surface area contributed by atoms with Crippen LogP contribution in [0, 0.1) is 0 Å². The third-order valence-corrected chi connectivity index (χ3v) is 21.3. The van der Waals surface area contributed by atoms with E-state index < -0.39 is 145 Å². The number of hydrogen-bond acceptors (Lipinski definition) is 31. The molecule has 12 bridgehead atoms. The molecule has 5 amide bonds. The van der Waals surface area contributed by atoms with Crippen molar-refractivity contribution in [3.63, 3.8) is 0 Å². The standard InChI is InChI=1S/C62H66N14O17S5.C2HF3O2/c1-25(77)41-54(83)72-42(26(2)88-9)57-68-36(24-96-57)53(82)73-45-47-48(93-39-16-62(4,86)49(75(7)8)27(3)92-39)61(85)90-17-28-11-10-12-37-40(28)30(18-89-47)46(76(37)87)60(84)91-19-31(64-51(80)34-23-98-59(45)69-34)56-65-32(20-95-56)43-29(55-66-35(22-94-55)52(81)71-41)15-38(78)44(70-43)58-67-33(21-97-58)50(79)63-13-14-74(5)6;3-2(4,5)1(6)7/h10-12,15,20-25,27,31,39,41,45,47-49,77-78,86-87H,13-14,16-19H2,1-9H3,(H,63,79)(H,64,80)(H,71,81)(H,72,83)(H,73,82);(H,6,7)/b42-26+;/t25-,27+,31+,39+,41+,45+,47+,48+,49-,62+;/m1./s1. The number of carboxylic acid groups (broad SMARTS) is 1. The number of allylic oxidation sites excluding steroid dienone is 1. The van der Waals surface area contributed by atoms with Crippen LogP contribution < -0.4 is 26.6 Å². The highest BCUT2D eigenvalue weighted by molar-refractivity contribution is 7.14. The number of benzene rings is 1. The molecule has 1 aromatic carbocycles. The van der Waals surface area contributed by atoms with Gasteiger partial charge in [0.2, 0.25) is 5.91 Å². The van der Waals surface area contributed by atoms with E-state index in [0.29, 0.717) is 23.4 Å². The lowest BCUT2D eigenvalue weighted by molar-refractivity contribution is -0.280. The summed E-state index contributed by atoms with van der Waals surface area (Å²) < 4.78 is 70.0. The molecule has 558 valence electrons. The molecule has 8 aromatic rings. The monoisotopic (exact) mass is 1550 g/mol. The maximum absolute atomic E-state index is 15.2. The molecule has 12 rings (SSSR count). The van der Waals surface area contributed by atoms with Crippen LogP contribution in [0.5, 0.6) is 5.75 Å². The molecule has 4 aliphatic heterocycles. The third-order valence-electron chi connectivity index (χ3n) is 16.8. The van der Waals surface area contributed by atoms with Crippen molar-refractivity contribution >= 4 is 121 Å². The summed E-state index contributed by atoms with van der Waals surface area (Å²) in [7, 11) is 8.58. The number of ether oxygens (including phenoxy) is 6. The van der Waals surface area contributed by atoms with Gasteiger partial charge in [0.15, 0.2) is 18.1 Å². The normalized spacial score (nSPS) is 23.3. The van der Waals surface area contributed by atoms with E-state index in [-0.39, 0.29) is 105 Å². The van der Waals surface area contributed by atoms with E-state index in [1.807, 2.05) is 19.0 Å². The number of aromatic hydroxyl groups is 1. The van der Waals surface area contributed by atoms with E-state index >= 15 is 14.4 Å². The van der Waals surface area contributed by atoms with Gasteiger partial charge >= 0.3 is 24.1 Å². The molecule has 1 fully saturated rings. The van der Waals surface area contributed by atoms with Gasteiger partial charge in [-0.15, -0.1) is 56.7 Å². The largest absolute Gasteiger partial charge is 0.506 e. The molecular weight excluding hydrogens is 1490 g/mol. The molecule has 10 N–H and O–H groups in total. The number of fused-ring (bicyclic) bond motifs is 15. The van der Waals surface area contributed by atoms with Gasteiger partial charge in [-0.3, -0.25) is 24.0 Å². The number of carboxylic acids is 1. The Balaban J connectivity index is 0.00000150. The van der Waals surface area contributed by atoms with Crippen molar-refractivity contribution in [2.24, 2.45) is 0 Å². The van der Waals surface area contributed by atoms with Crippen LogP contribution in [0.4, 0.5) is 13.2 Å². The zero-order chi connectivity index (χ0) is 75.8. The number of amides is 5. The molecule has 0 spiro atoms. The minimum absolute atomic E-state index is 0.00197. The Kier molecular flexibility index (Phi) is 22.8. The van der Waals surface area contributed by atoms with Crippen LogP contribution in [0.25, 0.3) is 49.3 Å². The number of pyridine rings is 1. The number of rotatable bonds is 10. The quantitative estimate of drug-likeness (QED) is 0.0484. The maximum atomic E-state index is 15.2. The van der Waals surface area contributed by atoms with Gasteiger partial charge in [0, 0.05) is 62.9 Å². The van der Waals surface area contributed by atoms with Crippen molar-refractivity contribution in [3.8, 4) is 38.4 Å². The number of carbonyl (C=O) groups excluding carboxylic acids is 7. The number of esters is 2. The number of nitrogens with zero attached hydrogens (tertiary/aromatic N) is 9. The van der Waals surface area contributed by atoms with Gasteiger partial charge in [-0.25, -0.2) is 44.3 Å². The Hall–Kier alpha value is -9.53. The lowest BCUT2D eigenvalue weighted by atomic mass is 9.85. The number of aliphatic hydroxyl groups excluding tert-OH is 1. The first-order valence-electron chi connectivity index (χ1n) is 31.6. The summed E-state index contributed by atoms with van der Waals surface area (Å²) in [6.45, 7) is 5.23. The number of nitrogens with one attached hydrogen (secondary N) is 5. The second-order valence-corrected chi connectivity index (χ2v) is 29.2. The fraction of sp³-hybridized carbons (Fsp3) is 0.406. The fourth-order valence-electron chi connectivity index (χ4n) is 12.0. The smallest absolute Gasteiger partial charge is 0.490 e. The molecule has 4 aliphatic rings. The van der Waals surface area contributed by atoms with Crippen LogP contribution in [0.3, 0.4) is 0 Å². The summed E-state index contributed by atoms with van der Waals surface area (Å²) in [5.41, 5.74) is -2.11. The van der Waals surface area contributed by atoms with Crippen LogP contribution in [-0.4, -0.2) is 227 Å². The Labute approximate surface area is 612 Å². The average Bonchev–Trinajstić information content (AvgIpc) is 1.61. The Morgan fingerprint density at radius 2 is 1.48 bits per heavy atom. The summed E-state index contributed by atoms with van der Waals surface area (Å²) in [6, 6.07) is 0.846. The molecule has 1 saturated heterocycles. The summed E-state index contributed by atoms with van der Waals surface area (Å²) >= 11 is 4.72. The number of aromatic nitrogens is 7. The molecule has 11 heterocycles. The highest BCUT2D eigenvalue weighted by Gasteiger charge is 2.50. The summed E-state index contributed by atoms with van der Waals surface area (Å²) in [5.74, 6) is -9.40. The summed E-state index contributed by atoms with van der Waals surface area (Å²) in [5, 5.41) is 75.8. The van der Waals surface area contributed by atoms with E-state index in [4.69, 9.17) is 53.3 Å². The zero-order valence-electron chi connectivity index (χ0n) is 56.8. The summed E-state index contributed by atoms with van der Waals surface area (Å²) in [6.07, 6.45) is -12.5. The second kappa shape index (κ2) is 31.3. The van der Waals surface area contributed by atoms with Gasteiger partial charge in [0.1, 0.15) is 120 Å². The van der Waals surface area contributed by atoms with Crippen LogP contribution in [0.1, 0.15) is 125 Å². The predicted octanol–water partition coefficient (Wildman–Crippen LogP) is 5.09. The third kappa shape index (κ3) is 16.5. The molecule has 33 nitrogen and oxygen atoms in total. The second-order valence-electron chi connectivity index (χ2n) is 24.9. The minimum atomic E-state index is -5.08. The number of methoxy groups -OCH3 is 1. The van der Waals surface area contributed by atoms with Crippen molar-refractivity contribution in [3.05, 3.63) is 112 Å². The van der Waals surface area contributed by atoms with Gasteiger partial charge < -0.3 is 90.4 Å². The molecule has 0 radical (unpaired) electrons. The molecule has 7 aromatic heterocycles. The number of hydrogen-bond donors (Lipinski definition) is 10. The number of alkyl halides is 3. The molecule has 0 saturated carbocycles. The van der Waals surface area contributed by atoms with Crippen molar-refractivity contribution in [2.45, 2.75) is 114 Å². The number of halogens is 3. The van der Waals surface area contributed by atoms with E-state index in [0.717, 1.165) is 56.7 Å². The minimum Gasteiger partial charge on any atom is -0.506 e. The van der Waals surface area contributed by atoms with Gasteiger partial charge in [-0.1, -0.05) is 12.1 Å². The molecule has 0 unspecified atom stereocenters. The first-order chi connectivity index (χ1) is 49.7.